The minimum absolute atomic E-state index is 0.146. The van der Waals surface area contributed by atoms with E-state index in [2.05, 4.69) is 21.9 Å². The summed E-state index contributed by atoms with van der Waals surface area (Å²) in [6.45, 7) is 6.26. The fourth-order valence-electron chi connectivity index (χ4n) is 4.88. The third-order valence-electron chi connectivity index (χ3n) is 6.12. The van der Waals surface area contributed by atoms with Gasteiger partial charge < -0.3 is 4.90 Å². The lowest BCUT2D eigenvalue weighted by atomic mass is 9.93. The molecule has 0 aromatic heterocycles. The molecule has 1 aromatic carbocycles. The van der Waals surface area contributed by atoms with Crippen LogP contribution in [0, 0.1) is 11.8 Å². The number of nitrogens with zero attached hydrogens (tertiary/aromatic N) is 2. The van der Waals surface area contributed by atoms with E-state index in [1.165, 1.54) is 44.5 Å². The summed E-state index contributed by atoms with van der Waals surface area (Å²) in [7, 11) is 0. The fraction of sp³-hybridized carbons (Fsp3) is 0.632. The molecule has 0 radical (unpaired) electrons. The van der Waals surface area contributed by atoms with Crippen LogP contribution in [0.2, 0.25) is 0 Å². The number of piperazine rings is 1. The third-order valence-corrected chi connectivity index (χ3v) is 6.12. The summed E-state index contributed by atoms with van der Waals surface area (Å²) in [5.41, 5.74) is 2.07. The van der Waals surface area contributed by atoms with Gasteiger partial charge >= 0.3 is 0 Å². The zero-order valence-electron chi connectivity index (χ0n) is 13.5. The molecular weight excluding hydrogens is 272 g/mol. The highest BCUT2D eigenvalue weighted by Crippen LogP contribution is 2.46. The first kappa shape index (κ1) is 14.3. The highest BCUT2D eigenvalue weighted by Gasteiger charge is 2.42. The molecule has 1 aromatic rings. The van der Waals surface area contributed by atoms with Crippen molar-refractivity contribution in [2.75, 3.05) is 31.1 Å². The Morgan fingerprint density at radius 3 is 2.27 bits per heavy atom. The minimum Gasteiger partial charge on any atom is -0.369 e. The van der Waals surface area contributed by atoms with Gasteiger partial charge in [0, 0.05) is 43.5 Å². The highest BCUT2D eigenvalue weighted by atomic mass is 16.1. The monoisotopic (exact) mass is 298 g/mol. The summed E-state index contributed by atoms with van der Waals surface area (Å²) < 4.78 is 0. The van der Waals surface area contributed by atoms with Crippen LogP contribution in [0.3, 0.4) is 0 Å². The number of carbonyl (C=O) groups is 1. The second kappa shape index (κ2) is 5.69. The van der Waals surface area contributed by atoms with E-state index in [4.69, 9.17) is 0 Å². The molecule has 3 aliphatic rings. The maximum absolute atomic E-state index is 11.4. The van der Waals surface area contributed by atoms with Gasteiger partial charge in [-0.2, -0.15) is 0 Å². The topological polar surface area (TPSA) is 23.6 Å². The molecule has 3 fully saturated rings. The lowest BCUT2D eigenvalue weighted by Crippen LogP contribution is -2.51. The number of fused-ring (bicyclic) bond motifs is 2. The summed E-state index contributed by atoms with van der Waals surface area (Å²) in [6, 6.07) is 8.99. The van der Waals surface area contributed by atoms with Crippen LogP contribution in [-0.4, -0.2) is 42.9 Å². The molecule has 0 amide bonds. The Balaban J connectivity index is 1.36. The van der Waals surface area contributed by atoms with Gasteiger partial charge in [-0.1, -0.05) is 6.42 Å². The largest absolute Gasteiger partial charge is 0.369 e. The average Bonchev–Trinajstić information content (AvgIpc) is 3.18. The van der Waals surface area contributed by atoms with Gasteiger partial charge in [-0.25, -0.2) is 0 Å². The van der Waals surface area contributed by atoms with E-state index in [0.717, 1.165) is 36.5 Å². The van der Waals surface area contributed by atoms with Crippen LogP contribution in [0.4, 0.5) is 5.69 Å². The second-order valence-electron chi connectivity index (χ2n) is 7.37. The quantitative estimate of drug-likeness (QED) is 0.801. The van der Waals surface area contributed by atoms with Crippen LogP contribution in [0.1, 0.15) is 43.0 Å². The van der Waals surface area contributed by atoms with Crippen molar-refractivity contribution in [1.82, 2.24) is 4.90 Å². The maximum atomic E-state index is 11.4. The SMILES string of the molecule is CC(=O)c1ccc(N2CCN([C@@H]3C[C@H]4CC[C@H]3C4)CC2)cc1. The van der Waals surface area contributed by atoms with Crippen LogP contribution in [0.25, 0.3) is 0 Å². The number of hydrogen-bond donors (Lipinski definition) is 0. The van der Waals surface area contributed by atoms with E-state index in [-0.39, 0.29) is 5.78 Å². The Bertz CT molecular complexity index is 545. The van der Waals surface area contributed by atoms with Crippen LogP contribution >= 0.6 is 0 Å². The fourth-order valence-corrected chi connectivity index (χ4v) is 4.88. The first-order chi connectivity index (χ1) is 10.7. The molecule has 2 aliphatic carbocycles. The van der Waals surface area contributed by atoms with E-state index in [1.54, 1.807) is 6.92 Å². The van der Waals surface area contributed by atoms with Gasteiger partial charge in [-0.05, 0) is 62.3 Å². The molecule has 2 saturated carbocycles. The van der Waals surface area contributed by atoms with E-state index in [1.807, 2.05) is 12.1 Å². The predicted octanol–water partition coefficient (Wildman–Crippen LogP) is 3.20. The molecule has 4 rings (SSSR count). The van der Waals surface area contributed by atoms with E-state index in [9.17, 15) is 4.79 Å². The normalized spacial score (nSPS) is 31.7. The molecule has 3 heteroatoms. The third kappa shape index (κ3) is 2.56. The number of anilines is 1. The van der Waals surface area contributed by atoms with Crippen molar-refractivity contribution in [3.8, 4) is 0 Å². The molecule has 3 nitrogen and oxygen atoms in total. The molecule has 3 atom stereocenters. The van der Waals surface area contributed by atoms with E-state index in [0.29, 0.717) is 0 Å². The molecule has 0 N–H and O–H groups in total. The Labute approximate surface area is 133 Å². The summed E-state index contributed by atoms with van der Waals surface area (Å²) in [4.78, 5) is 16.6. The number of carbonyl (C=O) groups excluding carboxylic acids is 1. The molecule has 1 aliphatic heterocycles. The Hall–Kier alpha value is -1.35. The van der Waals surface area contributed by atoms with Crippen molar-refractivity contribution < 1.29 is 4.79 Å². The van der Waals surface area contributed by atoms with Crippen LogP contribution in [0.5, 0.6) is 0 Å². The summed E-state index contributed by atoms with van der Waals surface area (Å²) in [5, 5.41) is 0. The van der Waals surface area contributed by atoms with Gasteiger partial charge in [-0.3, -0.25) is 9.69 Å². The lowest BCUT2D eigenvalue weighted by Gasteiger charge is -2.41. The molecular formula is C19H26N2O. The molecule has 0 spiro atoms. The standard InChI is InChI=1S/C19H26N2O/c1-14(22)16-4-6-18(7-5-16)20-8-10-21(11-9-20)19-13-15-2-3-17(19)12-15/h4-7,15,17,19H,2-3,8-13H2,1H3/t15-,17-,19+/m0/s1. The van der Waals surface area contributed by atoms with Gasteiger partial charge in [0.1, 0.15) is 0 Å². The van der Waals surface area contributed by atoms with Crippen LogP contribution in [0.15, 0.2) is 24.3 Å². The lowest BCUT2D eigenvalue weighted by molar-refractivity contribution is 0.101. The average molecular weight is 298 g/mol. The predicted molar refractivity (Wildman–Crippen MR) is 89.5 cm³/mol. The summed E-state index contributed by atoms with van der Waals surface area (Å²) >= 11 is 0. The number of hydrogen-bond acceptors (Lipinski definition) is 3. The van der Waals surface area contributed by atoms with Crippen molar-refractivity contribution in [3.63, 3.8) is 0 Å². The van der Waals surface area contributed by atoms with Crippen molar-refractivity contribution in [2.24, 2.45) is 11.8 Å². The maximum Gasteiger partial charge on any atom is 0.159 e. The minimum atomic E-state index is 0.146. The van der Waals surface area contributed by atoms with Gasteiger partial charge in [-0.15, -0.1) is 0 Å². The molecule has 22 heavy (non-hydrogen) atoms. The van der Waals surface area contributed by atoms with Crippen molar-refractivity contribution in [1.29, 1.82) is 0 Å². The van der Waals surface area contributed by atoms with Gasteiger partial charge in [0.05, 0.1) is 0 Å². The second-order valence-corrected chi connectivity index (χ2v) is 7.37. The van der Waals surface area contributed by atoms with Crippen LogP contribution in [-0.2, 0) is 0 Å². The molecule has 118 valence electrons. The zero-order chi connectivity index (χ0) is 15.1. The van der Waals surface area contributed by atoms with E-state index < -0.39 is 0 Å². The molecule has 0 unspecified atom stereocenters. The van der Waals surface area contributed by atoms with Crippen molar-refractivity contribution in [2.45, 2.75) is 38.6 Å². The molecule has 2 bridgehead atoms. The number of benzene rings is 1. The summed E-state index contributed by atoms with van der Waals surface area (Å²) in [5.74, 6) is 2.17. The van der Waals surface area contributed by atoms with Gasteiger partial charge in [0.15, 0.2) is 5.78 Å². The summed E-state index contributed by atoms with van der Waals surface area (Å²) in [6.07, 6.45) is 5.92. The van der Waals surface area contributed by atoms with Crippen molar-refractivity contribution >= 4 is 11.5 Å². The molecule has 1 heterocycles. The Kier molecular flexibility index (Phi) is 3.69. The van der Waals surface area contributed by atoms with Gasteiger partial charge in [0.2, 0.25) is 0 Å². The number of rotatable bonds is 3. The number of Topliss-reactive ketones (excluding diaryl/α,β-unsaturated/α-hetero) is 1. The van der Waals surface area contributed by atoms with Crippen LogP contribution < -0.4 is 4.90 Å². The first-order valence-electron chi connectivity index (χ1n) is 8.81. The number of ketones is 1. The zero-order valence-corrected chi connectivity index (χ0v) is 13.5. The highest BCUT2D eigenvalue weighted by molar-refractivity contribution is 5.94. The van der Waals surface area contributed by atoms with E-state index >= 15 is 0 Å². The Morgan fingerprint density at radius 1 is 1.00 bits per heavy atom. The Morgan fingerprint density at radius 2 is 1.73 bits per heavy atom. The van der Waals surface area contributed by atoms with Gasteiger partial charge in [0.25, 0.3) is 0 Å². The first-order valence-corrected chi connectivity index (χ1v) is 8.81. The van der Waals surface area contributed by atoms with Crippen molar-refractivity contribution in [3.05, 3.63) is 29.8 Å². The molecule has 1 saturated heterocycles. The smallest absolute Gasteiger partial charge is 0.159 e.